The van der Waals surface area contributed by atoms with Gasteiger partial charge in [0, 0.05) is 77.6 Å². The van der Waals surface area contributed by atoms with Crippen molar-refractivity contribution in [2.45, 2.75) is 0 Å². The summed E-state index contributed by atoms with van der Waals surface area (Å²) < 4.78 is 7.94. The minimum Gasteiger partial charge on any atom is -0.311 e. The predicted octanol–water partition coefficient (Wildman–Crippen LogP) is 17.3. The van der Waals surface area contributed by atoms with E-state index in [9.17, 15) is 0 Å². The number of rotatable bonds is 6. The first-order valence-electron chi connectivity index (χ1n) is 19.6. The molecule has 0 amide bonds. The summed E-state index contributed by atoms with van der Waals surface area (Å²) in [6.45, 7) is 0. The van der Waals surface area contributed by atoms with Gasteiger partial charge >= 0.3 is 0 Å². The minimum atomic E-state index is 1.11. The quantitative estimate of drug-likeness (QED) is 0.162. The molecule has 4 heteroatoms. The molecule has 0 N–H and O–H groups in total. The molecule has 0 saturated heterocycles. The summed E-state index contributed by atoms with van der Waals surface area (Å²) in [5, 5.41) is 7.96. The van der Waals surface area contributed by atoms with E-state index in [1.54, 1.807) is 0 Å². The average molecular weight is 792 g/mol. The van der Waals surface area contributed by atoms with Crippen molar-refractivity contribution < 1.29 is 0 Å². The molecule has 0 unspecified atom stereocenters. The largest absolute Gasteiger partial charge is 0.311 e. The Morgan fingerprint density at radius 2 is 0.517 bits per heavy atom. The lowest BCUT2D eigenvalue weighted by Crippen LogP contribution is -2.09. The van der Waals surface area contributed by atoms with Crippen molar-refractivity contribution in [3.05, 3.63) is 200 Å². The van der Waals surface area contributed by atoms with E-state index >= 15 is 0 Å². The maximum atomic E-state index is 2.39. The molecule has 272 valence electrons. The Bertz CT molecular complexity index is 3120. The van der Waals surface area contributed by atoms with Crippen LogP contribution < -0.4 is 4.90 Å². The Morgan fingerprint density at radius 1 is 0.241 bits per heavy atom. The molecule has 12 aromatic rings. The van der Waals surface area contributed by atoms with Gasteiger partial charge in [0.25, 0.3) is 0 Å². The molecule has 0 bridgehead atoms. The minimum absolute atomic E-state index is 1.11. The van der Waals surface area contributed by atoms with E-state index in [4.69, 9.17) is 0 Å². The molecule has 0 fully saturated rings. The highest BCUT2D eigenvalue weighted by molar-refractivity contribution is 7.26. The van der Waals surface area contributed by atoms with E-state index in [1.165, 1.54) is 93.9 Å². The monoisotopic (exact) mass is 791 g/mol. The van der Waals surface area contributed by atoms with E-state index in [0.717, 1.165) is 17.1 Å². The lowest BCUT2D eigenvalue weighted by atomic mass is 9.98. The van der Waals surface area contributed by atoms with Crippen molar-refractivity contribution in [3.63, 3.8) is 0 Å². The molecule has 58 heavy (non-hydrogen) atoms. The van der Waals surface area contributed by atoms with Gasteiger partial charge < -0.3 is 4.90 Å². The molecule has 3 aromatic heterocycles. The van der Waals surface area contributed by atoms with Gasteiger partial charge in [-0.2, -0.15) is 0 Å². The maximum absolute atomic E-state index is 2.39. The van der Waals surface area contributed by atoms with Gasteiger partial charge in [-0.25, -0.2) is 0 Å². The molecule has 3 heterocycles. The number of nitrogens with zero attached hydrogens (tertiary/aromatic N) is 1. The summed E-state index contributed by atoms with van der Waals surface area (Å²) in [7, 11) is 0. The third kappa shape index (κ3) is 5.41. The highest BCUT2D eigenvalue weighted by Gasteiger charge is 2.18. The molecule has 0 saturated carbocycles. The zero-order valence-corrected chi connectivity index (χ0v) is 33.7. The average Bonchev–Trinajstić information content (AvgIpc) is 3.99. The van der Waals surface area contributed by atoms with E-state index in [1.807, 2.05) is 34.0 Å². The maximum Gasteiger partial charge on any atom is 0.0462 e. The number of anilines is 3. The first-order chi connectivity index (χ1) is 28.7. The van der Waals surface area contributed by atoms with Crippen LogP contribution in [0.1, 0.15) is 0 Å². The summed E-state index contributed by atoms with van der Waals surface area (Å²) in [6.07, 6.45) is 0. The van der Waals surface area contributed by atoms with Crippen molar-refractivity contribution >= 4 is 112 Å². The third-order valence-electron chi connectivity index (χ3n) is 11.5. The van der Waals surface area contributed by atoms with Gasteiger partial charge in [0.05, 0.1) is 0 Å². The van der Waals surface area contributed by atoms with Gasteiger partial charge in [0.1, 0.15) is 0 Å². The van der Waals surface area contributed by atoms with E-state index in [2.05, 4.69) is 205 Å². The number of fused-ring (bicyclic) bond motifs is 9. The van der Waals surface area contributed by atoms with Crippen molar-refractivity contribution in [1.29, 1.82) is 0 Å². The number of hydrogen-bond acceptors (Lipinski definition) is 4. The smallest absolute Gasteiger partial charge is 0.0462 e. The Balaban J connectivity index is 0.973. The predicted molar refractivity (Wildman–Crippen MR) is 256 cm³/mol. The Morgan fingerprint density at radius 3 is 0.828 bits per heavy atom. The number of thiophene rings is 3. The SMILES string of the molecule is c1ccc2c(c1)sc1cccc(-c3ccc(N(c4ccc(-c5cccc6sc7ccccc7c56)cc4)c4ccc(-c5cccc6sc7ccccc7c56)cc4)cc3)c12. The second kappa shape index (κ2) is 13.5. The van der Waals surface area contributed by atoms with Gasteiger partial charge in [0.15, 0.2) is 0 Å². The van der Waals surface area contributed by atoms with E-state index < -0.39 is 0 Å². The van der Waals surface area contributed by atoms with Crippen molar-refractivity contribution in [3.8, 4) is 33.4 Å². The summed E-state index contributed by atoms with van der Waals surface area (Å²) in [4.78, 5) is 2.39. The Kier molecular flexibility index (Phi) is 7.83. The van der Waals surface area contributed by atoms with Crippen LogP contribution in [0.4, 0.5) is 17.1 Å². The van der Waals surface area contributed by atoms with Crippen molar-refractivity contribution in [1.82, 2.24) is 0 Å². The third-order valence-corrected chi connectivity index (χ3v) is 14.9. The fourth-order valence-corrected chi connectivity index (χ4v) is 12.3. The van der Waals surface area contributed by atoms with Gasteiger partial charge in [0.2, 0.25) is 0 Å². The number of benzene rings is 9. The van der Waals surface area contributed by atoms with Crippen LogP contribution in [0.5, 0.6) is 0 Å². The van der Waals surface area contributed by atoms with Gasteiger partial charge in [-0.1, -0.05) is 127 Å². The fourth-order valence-electron chi connectivity index (χ4n) is 8.86. The first kappa shape index (κ1) is 33.6. The zero-order chi connectivity index (χ0) is 38.2. The highest BCUT2D eigenvalue weighted by atomic mass is 32.1. The first-order valence-corrected chi connectivity index (χ1v) is 22.0. The molecule has 9 aromatic carbocycles. The molecule has 0 radical (unpaired) electrons. The standard InChI is InChI=1S/C54H33NS3/c1-4-16-46-43(10-1)52-40(13-7-19-49(52)56-46)34-22-28-37(29-23-34)55(38-30-24-35(25-31-38)41-14-8-20-50-53(41)44-11-2-5-17-47(44)57-50)39-32-26-36(27-33-39)42-15-9-21-51-54(42)45-12-3-6-18-48(45)58-51/h1-33H. The topological polar surface area (TPSA) is 3.24 Å². The summed E-state index contributed by atoms with van der Waals surface area (Å²) >= 11 is 5.60. The van der Waals surface area contributed by atoms with Crippen LogP contribution in [0.25, 0.3) is 93.9 Å². The van der Waals surface area contributed by atoms with Gasteiger partial charge in [-0.3, -0.25) is 0 Å². The molecular weight excluding hydrogens is 759 g/mol. The van der Waals surface area contributed by atoms with E-state index in [-0.39, 0.29) is 0 Å². The molecule has 0 aliphatic rings. The molecule has 12 rings (SSSR count). The lowest BCUT2D eigenvalue weighted by molar-refractivity contribution is 1.28. The summed E-state index contributed by atoms with van der Waals surface area (Å²) in [5.74, 6) is 0. The van der Waals surface area contributed by atoms with Crippen LogP contribution in [0.2, 0.25) is 0 Å². The molecule has 0 aliphatic carbocycles. The molecular formula is C54H33NS3. The van der Waals surface area contributed by atoms with Crippen LogP contribution in [-0.2, 0) is 0 Å². The van der Waals surface area contributed by atoms with Crippen LogP contribution in [0, 0.1) is 0 Å². The van der Waals surface area contributed by atoms with Crippen LogP contribution >= 0.6 is 34.0 Å². The molecule has 0 atom stereocenters. The number of hydrogen-bond donors (Lipinski definition) is 0. The van der Waals surface area contributed by atoms with Gasteiger partial charge in [-0.15, -0.1) is 34.0 Å². The van der Waals surface area contributed by atoms with Crippen molar-refractivity contribution in [2.75, 3.05) is 4.90 Å². The molecule has 0 aliphatic heterocycles. The normalized spacial score (nSPS) is 11.8. The van der Waals surface area contributed by atoms with Crippen LogP contribution in [0.15, 0.2) is 200 Å². The zero-order valence-electron chi connectivity index (χ0n) is 31.2. The Hall–Kier alpha value is -6.56. The van der Waals surface area contributed by atoms with Crippen LogP contribution in [0.3, 0.4) is 0 Å². The molecule has 1 nitrogen and oxygen atoms in total. The summed E-state index contributed by atoms with van der Waals surface area (Å²) in [6, 6.07) is 73.8. The van der Waals surface area contributed by atoms with Crippen molar-refractivity contribution in [2.24, 2.45) is 0 Å². The second-order valence-corrected chi connectivity index (χ2v) is 18.1. The highest BCUT2D eigenvalue weighted by Crippen LogP contribution is 2.45. The van der Waals surface area contributed by atoms with Crippen LogP contribution in [-0.4, -0.2) is 0 Å². The lowest BCUT2D eigenvalue weighted by Gasteiger charge is -2.26. The molecule has 0 spiro atoms. The summed E-state index contributed by atoms with van der Waals surface area (Å²) in [5.41, 5.74) is 10.8. The van der Waals surface area contributed by atoms with E-state index in [0.29, 0.717) is 0 Å². The Labute approximate surface area is 347 Å². The van der Waals surface area contributed by atoms with Gasteiger partial charge in [-0.05, 0) is 106 Å². The fraction of sp³-hybridized carbons (Fsp3) is 0. The second-order valence-electron chi connectivity index (χ2n) is 14.8.